The highest BCUT2D eigenvalue weighted by Gasteiger charge is 2.24. The van der Waals surface area contributed by atoms with Crippen LogP contribution in [0.2, 0.25) is 0 Å². The second-order valence-corrected chi connectivity index (χ2v) is 5.42. The molecule has 1 aliphatic rings. The monoisotopic (exact) mass is 283 g/mol. The zero-order chi connectivity index (χ0) is 11.5. The lowest BCUT2D eigenvalue weighted by Gasteiger charge is -2.16. The fourth-order valence-electron chi connectivity index (χ4n) is 2.17. The van der Waals surface area contributed by atoms with Crippen LogP contribution in [0.5, 0.6) is 0 Å². The van der Waals surface area contributed by atoms with Gasteiger partial charge in [0, 0.05) is 17.1 Å². The smallest absolute Gasteiger partial charge is 0.0693 e. The Balaban J connectivity index is 1.91. The van der Waals surface area contributed by atoms with Crippen molar-refractivity contribution in [2.24, 2.45) is 0 Å². The molecule has 0 amide bonds. The van der Waals surface area contributed by atoms with E-state index in [-0.39, 0.29) is 12.1 Å². The van der Waals surface area contributed by atoms with E-state index in [4.69, 9.17) is 0 Å². The molecular weight excluding hydrogens is 266 g/mol. The number of rotatable bonds is 3. The normalized spacial score (nSPS) is 24.9. The number of aliphatic hydroxyl groups excluding tert-OH is 1. The van der Waals surface area contributed by atoms with Crippen molar-refractivity contribution in [1.29, 1.82) is 0 Å². The van der Waals surface area contributed by atoms with Crippen LogP contribution in [-0.2, 0) is 6.54 Å². The third-order valence-corrected chi connectivity index (χ3v) is 4.14. The lowest BCUT2D eigenvalue weighted by atomic mass is 10.1. The Bertz CT molecular complexity index is 367. The van der Waals surface area contributed by atoms with Gasteiger partial charge >= 0.3 is 0 Å². The number of hydrogen-bond donors (Lipinski definition) is 2. The van der Waals surface area contributed by atoms with Gasteiger partial charge in [0.05, 0.1) is 6.10 Å². The molecule has 2 N–H and O–H groups in total. The Morgan fingerprint density at radius 1 is 1.44 bits per heavy atom. The van der Waals surface area contributed by atoms with E-state index in [2.05, 4.69) is 46.4 Å². The second-order valence-electron chi connectivity index (χ2n) is 4.57. The number of nitrogens with one attached hydrogen (secondary N) is 1. The molecule has 0 heterocycles. The van der Waals surface area contributed by atoms with Crippen molar-refractivity contribution in [3.8, 4) is 0 Å². The van der Waals surface area contributed by atoms with E-state index >= 15 is 0 Å². The predicted molar refractivity (Wildman–Crippen MR) is 69.4 cm³/mol. The molecule has 0 spiro atoms. The van der Waals surface area contributed by atoms with E-state index < -0.39 is 0 Å². The summed E-state index contributed by atoms with van der Waals surface area (Å²) >= 11 is 3.53. The van der Waals surface area contributed by atoms with Gasteiger partial charge in [-0.05, 0) is 43.4 Å². The maximum Gasteiger partial charge on any atom is 0.0693 e. The summed E-state index contributed by atoms with van der Waals surface area (Å²) in [4.78, 5) is 0. The van der Waals surface area contributed by atoms with Crippen LogP contribution < -0.4 is 5.32 Å². The van der Waals surface area contributed by atoms with Gasteiger partial charge in [-0.25, -0.2) is 0 Å². The largest absolute Gasteiger partial charge is 0.392 e. The number of aliphatic hydroxyl groups is 1. The van der Waals surface area contributed by atoms with E-state index in [1.54, 1.807) is 0 Å². The van der Waals surface area contributed by atoms with Crippen LogP contribution in [0.1, 0.15) is 30.4 Å². The molecule has 1 saturated carbocycles. The summed E-state index contributed by atoms with van der Waals surface area (Å²) in [6.07, 6.45) is 3.01. The lowest BCUT2D eigenvalue weighted by Crippen LogP contribution is -2.35. The Kier molecular flexibility index (Phi) is 4.00. The molecular formula is C13H18BrNO. The van der Waals surface area contributed by atoms with Crippen LogP contribution in [0, 0.1) is 6.92 Å². The quantitative estimate of drug-likeness (QED) is 0.894. The number of halogens is 1. The summed E-state index contributed by atoms with van der Waals surface area (Å²) in [7, 11) is 0. The highest BCUT2D eigenvalue weighted by molar-refractivity contribution is 9.10. The average Bonchev–Trinajstić information content (AvgIpc) is 2.66. The molecule has 2 atom stereocenters. The van der Waals surface area contributed by atoms with Gasteiger partial charge in [0.25, 0.3) is 0 Å². The molecule has 2 nitrogen and oxygen atoms in total. The molecule has 0 radical (unpaired) electrons. The molecule has 88 valence electrons. The van der Waals surface area contributed by atoms with Crippen molar-refractivity contribution in [2.45, 2.75) is 44.9 Å². The van der Waals surface area contributed by atoms with Crippen LogP contribution >= 0.6 is 15.9 Å². The topological polar surface area (TPSA) is 32.3 Å². The van der Waals surface area contributed by atoms with Gasteiger partial charge in [-0.1, -0.05) is 28.1 Å². The predicted octanol–water partition coefficient (Wildman–Crippen LogP) is 2.76. The van der Waals surface area contributed by atoms with Gasteiger partial charge in [-0.3, -0.25) is 0 Å². The summed E-state index contributed by atoms with van der Waals surface area (Å²) in [6.45, 7) is 2.92. The highest BCUT2D eigenvalue weighted by Crippen LogP contribution is 2.20. The van der Waals surface area contributed by atoms with Crippen molar-refractivity contribution in [3.05, 3.63) is 33.8 Å². The minimum atomic E-state index is -0.158. The molecule has 0 aromatic heterocycles. The zero-order valence-electron chi connectivity index (χ0n) is 9.54. The zero-order valence-corrected chi connectivity index (χ0v) is 11.1. The SMILES string of the molecule is Cc1ccc(CNC2CCCC2O)cc1Br. The van der Waals surface area contributed by atoms with Crippen molar-refractivity contribution in [2.75, 3.05) is 0 Å². The molecule has 3 heteroatoms. The number of hydrogen-bond acceptors (Lipinski definition) is 2. The van der Waals surface area contributed by atoms with Crippen LogP contribution in [-0.4, -0.2) is 17.3 Å². The van der Waals surface area contributed by atoms with E-state index in [1.165, 1.54) is 11.1 Å². The molecule has 0 aliphatic heterocycles. The standard InChI is InChI=1S/C13H18BrNO/c1-9-5-6-10(7-11(9)14)8-15-12-3-2-4-13(12)16/h5-7,12-13,15-16H,2-4,8H2,1H3. The second kappa shape index (κ2) is 5.30. The van der Waals surface area contributed by atoms with Crippen LogP contribution in [0.3, 0.4) is 0 Å². The molecule has 2 unspecified atom stereocenters. The molecule has 1 aliphatic carbocycles. The van der Waals surface area contributed by atoms with Gasteiger partial charge in [0.15, 0.2) is 0 Å². The molecule has 1 fully saturated rings. The van der Waals surface area contributed by atoms with Crippen molar-refractivity contribution in [3.63, 3.8) is 0 Å². The van der Waals surface area contributed by atoms with Crippen molar-refractivity contribution < 1.29 is 5.11 Å². The summed E-state index contributed by atoms with van der Waals surface area (Å²) < 4.78 is 1.15. The minimum Gasteiger partial charge on any atom is -0.392 e. The summed E-state index contributed by atoms with van der Waals surface area (Å²) in [5.74, 6) is 0. The number of benzene rings is 1. The summed E-state index contributed by atoms with van der Waals surface area (Å²) in [6, 6.07) is 6.67. The number of aryl methyl sites for hydroxylation is 1. The van der Waals surface area contributed by atoms with E-state index in [9.17, 15) is 5.11 Å². The minimum absolute atomic E-state index is 0.158. The first-order chi connectivity index (χ1) is 7.66. The molecule has 0 bridgehead atoms. The maximum absolute atomic E-state index is 9.69. The molecule has 16 heavy (non-hydrogen) atoms. The van der Waals surface area contributed by atoms with Crippen molar-refractivity contribution >= 4 is 15.9 Å². The first kappa shape index (κ1) is 12.1. The van der Waals surface area contributed by atoms with E-state index in [0.29, 0.717) is 0 Å². The summed E-state index contributed by atoms with van der Waals surface area (Å²) in [5, 5.41) is 13.1. The molecule has 1 aromatic carbocycles. The Morgan fingerprint density at radius 2 is 2.25 bits per heavy atom. The van der Waals surface area contributed by atoms with Gasteiger partial charge in [-0.2, -0.15) is 0 Å². The maximum atomic E-state index is 9.69. The Hall–Kier alpha value is -0.380. The highest BCUT2D eigenvalue weighted by atomic mass is 79.9. The van der Waals surface area contributed by atoms with Gasteiger partial charge in [-0.15, -0.1) is 0 Å². The first-order valence-corrected chi connectivity index (χ1v) is 6.62. The summed E-state index contributed by atoms with van der Waals surface area (Å²) in [5.41, 5.74) is 2.52. The fraction of sp³-hybridized carbons (Fsp3) is 0.538. The van der Waals surface area contributed by atoms with Crippen LogP contribution in [0.15, 0.2) is 22.7 Å². The van der Waals surface area contributed by atoms with E-state index in [1.807, 2.05) is 0 Å². The fourth-order valence-corrected chi connectivity index (χ4v) is 2.60. The van der Waals surface area contributed by atoms with Gasteiger partial charge in [0.1, 0.15) is 0 Å². The van der Waals surface area contributed by atoms with E-state index in [0.717, 1.165) is 30.3 Å². The lowest BCUT2D eigenvalue weighted by molar-refractivity contribution is 0.148. The van der Waals surface area contributed by atoms with Gasteiger partial charge < -0.3 is 10.4 Å². The Morgan fingerprint density at radius 3 is 2.88 bits per heavy atom. The van der Waals surface area contributed by atoms with Crippen LogP contribution in [0.25, 0.3) is 0 Å². The molecule has 2 rings (SSSR count). The van der Waals surface area contributed by atoms with Crippen LogP contribution in [0.4, 0.5) is 0 Å². The average molecular weight is 284 g/mol. The Labute approximate surface area is 105 Å². The third-order valence-electron chi connectivity index (χ3n) is 3.28. The van der Waals surface area contributed by atoms with Gasteiger partial charge in [0.2, 0.25) is 0 Å². The molecule has 0 saturated heterocycles. The first-order valence-electron chi connectivity index (χ1n) is 5.83. The third kappa shape index (κ3) is 2.84. The van der Waals surface area contributed by atoms with Crippen molar-refractivity contribution in [1.82, 2.24) is 5.32 Å². The molecule has 1 aromatic rings.